The molecule has 0 amide bonds. The van der Waals surface area contributed by atoms with Crippen molar-refractivity contribution in [2.45, 2.75) is 12.5 Å². The van der Waals surface area contributed by atoms with E-state index in [0.717, 1.165) is 10.9 Å². The zero-order valence-corrected chi connectivity index (χ0v) is 18.6. The topological polar surface area (TPSA) is 182 Å². The van der Waals surface area contributed by atoms with Gasteiger partial charge in [0, 0.05) is 22.0 Å². The number of amidine groups is 2. The number of aliphatic hydroxyl groups excluding tert-OH is 2. The molecule has 1 unspecified atom stereocenters. The molecule has 0 saturated carbocycles. The third-order valence-electron chi connectivity index (χ3n) is 4.67. The first-order valence-electron chi connectivity index (χ1n) is 9.18. The summed E-state index contributed by atoms with van der Waals surface area (Å²) in [5.41, 5.74) is 15.1. The van der Waals surface area contributed by atoms with Crippen LogP contribution < -0.4 is 11.5 Å². The summed E-state index contributed by atoms with van der Waals surface area (Å²) < 4.78 is 5.06. The van der Waals surface area contributed by atoms with Crippen LogP contribution in [0.25, 0.3) is 22.2 Å². The molecule has 0 bridgehead atoms. The highest BCUT2D eigenvalue weighted by Crippen LogP contribution is 2.32. The first-order chi connectivity index (χ1) is 14.3. The van der Waals surface area contributed by atoms with Crippen molar-refractivity contribution in [1.29, 1.82) is 10.8 Å². The summed E-state index contributed by atoms with van der Waals surface area (Å²) in [6, 6.07) is 12.2. The monoisotopic (exact) mass is 481 g/mol. The number of hydrogen-bond acceptors (Lipinski definition) is 6. The molecule has 0 spiro atoms. The van der Waals surface area contributed by atoms with Crippen LogP contribution in [0.15, 0.2) is 42.5 Å². The number of ether oxygens (including phenoxy) is 1. The number of benzene rings is 2. The van der Waals surface area contributed by atoms with Crippen LogP contribution in [0.1, 0.15) is 16.7 Å². The molecular weight excluding hydrogens is 457 g/mol. The van der Waals surface area contributed by atoms with E-state index >= 15 is 0 Å². The number of esters is 1. The van der Waals surface area contributed by atoms with E-state index in [-0.39, 0.29) is 49.5 Å². The zero-order chi connectivity index (χ0) is 21.8. The number of H-pyrrole nitrogens is 1. The van der Waals surface area contributed by atoms with E-state index in [1.807, 2.05) is 0 Å². The predicted molar refractivity (Wildman–Crippen MR) is 128 cm³/mol. The predicted octanol–water partition coefficient (Wildman–Crippen LogP) is 1.69. The number of carbonyl (C=O) groups is 1. The number of fused-ring (bicyclic) bond motifs is 1. The molecule has 1 atom stereocenters. The van der Waals surface area contributed by atoms with E-state index in [0.29, 0.717) is 27.9 Å². The van der Waals surface area contributed by atoms with Crippen molar-refractivity contribution >= 4 is 53.4 Å². The highest BCUT2D eigenvalue weighted by Gasteiger charge is 2.18. The standard InChI is InChI=1S/C21H23N5O4.2ClH/c22-20(23)12-3-1-11(2-4-12)19-16(8-18(29)30-10-14(28)9-27)15-6-5-13(21(24)25)7-17(15)26-19;;/h1-7,14,26-28H,8-10H2,(H3,22,23)(H3,24,25);2*1H. The van der Waals surface area contributed by atoms with Gasteiger partial charge in [0.05, 0.1) is 18.7 Å². The molecule has 3 rings (SSSR count). The van der Waals surface area contributed by atoms with E-state index in [4.69, 9.17) is 32.1 Å². The average Bonchev–Trinajstić information content (AvgIpc) is 3.09. The Morgan fingerprint density at radius 3 is 2.19 bits per heavy atom. The van der Waals surface area contributed by atoms with Crippen molar-refractivity contribution in [3.8, 4) is 11.3 Å². The number of aromatic amines is 1. The fraction of sp³-hybridized carbons (Fsp3) is 0.190. The third-order valence-corrected chi connectivity index (χ3v) is 4.67. The van der Waals surface area contributed by atoms with Crippen LogP contribution in [0.5, 0.6) is 0 Å². The summed E-state index contributed by atoms with van der Waals surface area (Å²) in [5.74, 6) is -0.672. The Labute approximate surface area is 196 Å². The lowest BCUT2D eigenvalue weighted by Gasteiger charge is -2.10. The number of aromatic nitrogens is 1. The van der Waals surface area contributed by atoms with Crippen molar-refractivity contribution in [1.82, 2.24) is 4.98 Å². The van der Waals surface area contributed by atoms with Crippen molar-refractivity contribution in [3.63, 3.8) is 0 Å². The molecule has 9 nitrogen and oxygen atoms in total. The Kier molecular flexibility index (Phi) is 9.67. The lowest BCUT2D eigenvalue weighted by Crippen LogP contribution is -2.22. The van der Waals surface area contributed by atoms with Crippen LogP contribution in [0.2, 0.25) is 0 Å². The normalized spacial score (nSPS) is 11.2. The summed E-state index contributed by atoms with van der Waals surface area (Å²) in [7, 11) is 0. The molecule has 2 aromatic carbocycles. The van der Waals surface area contributed by atoms with Gasteiger partial charge in [-0.1, -0.05) is 36.4 Å². The van der Waals surface area contributed by atoms with Gasteiger partial charge in [0.15, 0.2) is 0 Å². The van der Waals surface area contributed by atoms with Gasteiger partial charge < -0.3 is 31.4 Å². The van der Waals surface area contributed by atoms with Crippen LogP contribution in [0.4, 0.5) is 0 Å². The smallest absolute Gasteiger partial charge is 0.310 e. The van der Waals surface area contributed by atoms with Crippen molar-refractivity contribution in [2.24, 2.45) is 11.5 Å². The molecular formula is C21H25Cl2N5O4. The van der Waals surface area contributed by atoms with Crippen LogP contribution in [0, 0.1) is 10.8 Å². The molecule has 0 saturated heterocycles. The number of halogens is 2. The summed E-state index contributed by atoms with van der Waals surface area (Å²) in [6.07, 6.45) is -1.20. The highest BCUT2D eigenvalue weighted by atomic mass is 35.5. The quantitative estimate of drug-likeness (QED) is 0.146. The fourth-order valence-electron chi connectivity index (χ4n) is 3.11. The number of nitrogens with two attached hydrogens (primary N) is 2. The second-order valence-electron chi connectivity index (χ2n) is 6.84. The molecule has 0 fully saturated rings. The second-order valence-corrected chi connectivity index (χ2v) is 6.84. The Balaban J connectivity index is 0.00000256. The number of aliphatic hydroxyl groups is 2. The maximum absolute atomic E-state index is 12.3. The Morgan fingerprint density at radius 2 is 1.62 bits per heavy atom. The van der Waals surface area contributed by atoms with Crippen LogP contribution in [-0.4, -0.2) is 52.2 Å². The highest BCUT2D eigenvalue weighted by molar-refractivity contribution is 6.01. The molecule has 9 N–H and O–H groups in total. The Hall–Kier alpha value is -3.11. The molecule has 32 heavy (non-hydrogen) atoms. The van der Waals surface area contributed by atoms with Gasteiger partial charge in [-0.3, -0.25) is 15.6 Å². The van der Waals surface area contributed by atoms with E-state index in [9.17, 15) is 9.90 Å². The summed E-state index contributed by atoms with van der Waals surface area (Å²) in [4.78, 5) is 15.6. The van der Waals surface area contributed by atoms with E-state index in [1.54, 1.807) is 42.5 Å². The summed E-state index contributed by atoms with van der Waals surface area (Å²) >= 11 is 0. The van der Waals surface area contributed by atoms with E-state index in [2.05, 4.69) is 4.98 Å². The molecule has 11 heteroatoms. The van der Waals surface area contributed by atoms with Crippen molar-refractivity contribution in [2.75, 3.05) is 13.2 Å². The lowest BCUT2D eigenvalue weighted by atomic mass is 10.0. The molecule has 0 radical (unpaired) electrons. The number of carbonyl (C=O) groups excluding carboxylic acids is 1. The van der Waals surface area contributed by atoms with Gasteiger partial charge in [0.1, 0.15) is 24.4 Å². The summed E-state index contributed by atoms with van der Waals surface area (Å²) in [5, 5.41) is 34.2. The number of nitrogen functional groups attached to an aromatic ring is 2. The first kappa shape index (κ1) is 26.9. The van der Waals surface area contributed by atoms with E-state index < -0.39 is 18.7 Å². The molecule has 1 heterocycles. The number of hydrogen-bond donors (Lipinski definition) is 7. The fourth-order valence-corrected chi connectivity index (χ4v) is 3.11. The van der Waals surface area contributed by atoms with Crippen molar-refractivity contribution < 1.29 is 19.7 Å². The van der Waals surface area contributed by atoms with Crippen molar-refractivity contribution in [3.05, 3.63) is 59.2 Å². The van der Waals surface area contributed by atoms with Crippen LogP contribution in [-0.2, 0) is 16.0 Å². The SMILES string of the molecule is Cl.Cl.N=C(N)c1ccc(-c2[nH]c3cc(C(=N)N)ccc3c2CC(=O)OCC(O)CO)cc1. The summed E-state index contributed by atoms with van der Waals surface area (Å²) in [6.45, 7) is -0.795. The first-order valence-corrected chi connectivity index (χ1v) is 9.18. The minimum atomic E-state index is -1.13. The Morgan fingerprint density at radius 1 is 1.03 bits per heavy atom. The minimum absolute atomic E-state index is 0. The molecule has 0 aliphatic carbocycles. The van der Waals surface area contributed by atoms with Gasteiger partial charge in [-0.2, -0.15) is 0 Å². The van der Waals surface area contributed by atoms with Gasteiger partial charge in [0.2, 0.25) is 0 Å². The molecule has 172 valence electrons. The zero-order valence-electron chi connectivity index (χ0n) is 16.9. The van der Waals surface area contributed by atoms with Gasteiger partial charge in [-0.05, 0) is 17.2 Å². The Bertz CT molecular complexity index is 1120. The molecule has 0 aliphatic heterocycles. The maximum Gasteiger partial charge on any atom is 0.310 e. The third kappa shape index (κ3) is 5.98. The van der Waals surface area contributed by atoms with Gasteiger partial charge in [0.25, 0.3) is 0 Å². The minimum Gasteiger partial charge on any atom is -0.463 e. The number of nitrogens with one attached hydrogen (secondary N) is 3. The number of rotatable bonds is 8. The van der Waals surface area contributed by atoms with Gasteiger partial charge in [-0.25, -0.2) is 0 Å². The largest absolute Gasteiger partial charge is 0.463 e. The second kappa shape index (κ2) is 11.5. The lowest BCUT2D eigenvalue weighted by molar-refractivity contribution is -0.146. The van der Waals surface area contributed by atoms with Gasteiger partial charge >= 0.3 is 5.97 Å². The van der Waals surface area contributed by atoms with Crippen LogP contribution >= 0.6 is 24.8 Å². The average molecular weight is 482 g/mol. The van der Waals surface area contributed by atoms with Crippen LogP contribution in [0.3, 0.4) is 0 Å². The van der Waals surface area contributed by atoms with E-state index in [1.165, 1.54) is 0 Å². The molecule has 3 aromatic rings. The van der Waals surface area contributed by atoms with Gasteiger partial charge in [-0.15, -0.1) is 24.8 Å². The maximum atomic E-state index is 12.3. The molecule has 1 aromatic heterocycles. The molecule has 0 aliphatic rings.